The predicted molar refractivity (Wildman–Crippen MR) is 115 cm³/mol. The number of halogens is 3. The highest BCUT2D eigenvalue weighted by atomic mass is 19.4. The van der Waals surface area contributed by atoms with Gasteiger partial charge in [0.05, 0.1) is 28.6 Å². The maximum atomic E-state index is 12.6. The van der Waals surface area contributed by atoms with Gasteiger partial charge in [-0.05, 0) is 81.4 Å². The van der Waals surface area contributed by atoms with E-state index in [1.54, 1.807) is 43.3 Å². The molecular weight excluding hydrogens is 421 g/mol. The number of carbonyl (C=O) groups excluding carboxylic acids is 1. The Morgan fingerprint density at radius 2 is 1.59 bits per heavy atom. The zero-order chi connectivity index (χ0) is 23.3. The van der Waals surface area contributed by atoms with Crippen molar-refractivity contribution in [2.24, 2.45) is 0 Å². The summed E-state index contributed by atoms with van der Waals surface area (Å²) in [6.07, 6.45) is -4.55. The van der Waals surface area contributed by atoms with Crippen molar-refractivity contribution >= 4 is 11.6 Å². The highest BCUT2D eigenvalue weighted by molar-refractivity contribution is 6.05. The molecule has 1 aromatic heterocycles. The Hall–Kier alpha value is -3.39. The Labute approximate surface area is 184 Å². The fourth-order valence-electron chi connectivity index (χ4n) is 3.04. The van der Waals surface area contributed by atoms with Crippen molar-refractivity contribution in [3.8, 4) is 11.5 Å². The second-order valence-corrected chi connectivity index (χ2v) is 7.07. The second kappa shape index (κ2) is 9.82. The third-order valence-electron chi connectivity index (χ3n) is 4.71. The van der Waals surface area contributed by atoms with Crippen LogP contribution in [0.15, 0.2) is 60.7 Å². The van der Waals surface area contributed by atoms with Crippen molar-refractivity contribution in [1.82, 2.24) is 4.98 Å². The average molecular weight is 444 g/mol. The van der Waals surface area contributed by atoms with Gasteiger partial charge < -0.3 is 14.8 Å². The van der Waals surface area contributed by atoms with Gasteiger partial charge in [0.1, 0.15) is 11.5 Å². The number of anilines is 1. The minimum Gasteiger partial charge on any atom is -0.457 e. The van der Waals surface area contributed by atoms with Crippen LogP contribution in [0.3, 0.4) is 0 Å². The number of alkyl halides is 3. The number of nitrogens with one attached hydrogen (secondary N) is 1. The normalized spacial score (nSPS) is 12.3. The Morgan fingerprint density at radius 3 is 2.12 bits per heavy atom. The van der Waals surface area contributed by atoms with Crippen LogP contribution in [0.2, 0.25) is 0 Å². The molecule has 0 aliphatic rings. The highest BCUT2D eigenvalue weighted by Gasteiger charge is 2.30. The summed E-state index contributed by atoms with van der Waals surface area (Å²) in [4.78, 5) is 17.1. The van der Waals surface area contributed by atoms with E-state index in [-0.39, 0.29) is 17.8 Å². The first kappa shape index (κ1) is 23.3. The van der Waals surface area contributed by atoms with Gasteiger partial charge in [0.15, 0.2) is 0 Å². The number of nitrogens with zero attached hydrogens (tertiary/aromatic N) is 1. The quantitative estimate of drug-likeness (QED) is 0.449. The molecule has 0 fully saturated rings. The lowest BCUT2D eigenvalue weighted by molar-refractivity contribution is -0.137. The number of carbonyl (C=O) groups is 1. The molecule has 0 aliphatic heterocycles. The number of aryl methyl sites for hydroxylation is 1. The number of pyridine rings is 1. The molecule has 0 radical (unpaired) electrons. The van der Waals surface area contributed by atoms with E-state index in [1.807, 2.05) is 13.8 Å². The molecule has 1 amide bonds. The van der Waals surface area contributed by atoms with Gasteiger partial charge in [-0.15, -0.1) is 0 Å². The molecule has 1 atom stereocenters. The summed E-state index contributed by atoms with van der Waals surface area (Å²) in [5.74, 6) is 0.398. The van der Waals surface area contributed by atoms with E-state index in [4.69, 9.17) is 9.47 Å². The molecule has 3 aromatic rings. The Morgan fingerprint density at radius 1 is 1.00 bits per heavy atom. The van der Waals surface area contributed by atoms with E-state index in [2.05, 4.69) is 10.3 Å². The molecule has 0 aliphatic carbocycles. The third-order valence-corrected chi connectivity index (χ3v) is 4.71. The largest absolute Gasteiger partial charge is 0.457 e. The molecule has 32 heavy (non-hydrogen) atoms. The maximum Gasteiger partial charge on any atom is 0.416 e. The average Bonchev–Trinajstić information content (AvgIpc) is 2.75. The maximum absolute atomic E-state index is 12.6. The first-order valence-corrected chi connectivity index (χ1v) is 10.0. The number of hydrogen-bond acceptors (Lipinski definition) is 4. The van der Waals surface area contributed by atoms with E-state index >= 15 is 0 Å². The number of rotatable bonds is 7. The van der Waals surface area contributed by atoms with Crippen molar-refractivity contribution in [1.29, 1.82) is 0 Å². The lowest BCUT2D eigenvalue weighted by atomic mass is 10.1. The van der Waals surface area contributed by atoms with E-state index in [0.29, 0.717) is 29.3 Å². The molecule has 3 rings (SSSR count). The zero-order valence-corrected chi connectivity index (χ0v) is 17.9. The molecule has 168 valence electrons. The van der Waals surface area contributed by atoms with E-state index < -0.39 is 11.7 Å². The molecular formula is C24H23F3N2O3. The van der Waals surface area contributed by atoms with Gasteiger partial charge in [-0.1, -0.05) is 0 Å². The van der Waals surface area contributed by atoms with Gasteiger partial charge in [0.25, 0.3) is 5.91 Å². The van der Waals surface area contributed by atoms with Crippen LogP contribution in [0.25, 0.3) is 0 Å². The van der Waals surface area contributed by atoms with Crippen LogP contribution in [0.1, 0.15) is 47.3 Å². The number of hydrogen-bond donors (Lipinski definition) is 1. The summed E-state index contributed by atoms with van der Waals surface area (Å²) in [6, 6.07) is 14.4. The van der Waals surface area contributed by atoms with Crippen LogP contribution in [0.4, 0.5) is 18.9 Å². The van der Waals surface area contributed by atoms with Gasteiger partial charge >= 0.3 is 6.18 Å². The van der Waals surface area contributed by atoms with Crippen molar-refractivity contribution in [2.45, 2.75) is 33.1 Å². The van der Waals surface area contributed by atoms with Crippen LogP contribution >= 0.6 is 0 Å². The van der Waals surface area contributed by atoms with Crippen molar-refractivity contribution < 1.29 is 27.4 Å². The first-order valence-electron chi connectivity index (χ1n) is 10.0. The molecule has 1 N–H and O–H groups in total. The van der Waals surface area contributed by atoms with Crippen LogP contribution in [0, 0.1) is 6.92 Å². The highest BCUT2D eigenvalue weighted by Crippen LogP contribution is 2.31. The predicted octanol–water partition coefficient (Wildman–Crippen LogP) is 6.55. The van der Waals surface area contributed by atoms with Crippen molar-refractivity contribution in [3.63, 3.8) is 0 Å². The van der Waals surface area contributed by atoms with Gasteiger partial charge in [0.2, 0.25) is 0 Å². The second-order valence-electron chi connectivity index (χ2n) is 7.07. The minimum absolute atomic E-state index is 0.159. The molecule has 2 aromatic carbocycles. The first-order chi connectivity index (χ1) is 15.2. The molecule has 1 unspecified atom stereocenters. The Kier molecular flexibility index (Phi) is 7.15. The number of aromatic nitrogens is 1. The van der Waals surface area contributed by atoms with Gasteiger partial charge in [-0.3, -0.25) is 9.78 Å². The number of benzene rings is 2. The number of amides is 1. The molecule has 8 heteroatoms. The third kappa shape index (κ3) is 5.85. The summed E-state index contributed by atoms with van der Waals surface area (Å²) < 4.78 is 49.0. The lowest BCUT2D eigenvalue weighted by Gasteiger charge is -2.14. The zero-order valence-electron chi connectivity index (χ0n) is 17.9. The van der Waals surface area contributed by atoms with E-state index in [0.717, 1.165) is 17.8 Å². The van der Waals surface area contributed by atoms with Crippen molar-refractivity contribution in [3.05, 3.63) is 83.2 Å². The van der Waals surface area contributed by atoms with Crippen LogP contribution in [0.5, 0.6) is 11.5 Å². The summed E-state index contributed by atoms with van der Waals surface area (Å²) in [5.41, 5.74) is 1.59. The van der Waals surface area contributed by atoms with Gasteiger partial charge in [0, 0.05) is 12.3 Å². The van der Waals surface area contributed by atoms with Crippen molar-refractivity contribution in [2.75, 3.05) is 11.9 Å². The SMILES string of the molecule is CCOC(C)c1ccc(C(=O)Nc2ccc(Oc3ccc(C(F)(F)F)cc3)cc2)c(C)n1. The molecule has 0 spiro atoms. The number of ether oxygens (including phenoxy) is 2. The molecule has 1 heterocycles. The van der Waals surface area contributed by atoms with E-state index in [1.165, 1.54) is 12.1 Å². The summed E-state index contributed by atoms with van der Waals surface area (Å²) in [5, 5.41) is 2.80. The topological polar surface area (TPSA) is 60.5 Å². The smallest absolute Gasteiger partial charge is 0.416 e. The molecule has 0 saturated heterocycles. The fourth-order valence-corrected chi connectivity index (χ4v) is 3.04. The fraction of sp³-hybridized carbons (Fsp3) is 0.250. The standard InChI is InChI=1S/C24H23F3N2O3/c1-4-31-16(3)22-14-13-21(15(2)28-22)23(30)29-18-7-11-20(12-8-18)32-19-9-5-17(6-10-19)24(25,26)27/h5-14,16H,4H2,1-3H3,(H,29,30). The summed E-state index contributed by atoms with van der Waals surface area (Å²) in [6.45, 7) is 6.14. The van der Waals surface area contributed by atoms with Crippen LogP contribution in [-0.4, -0.2) is 17.5 Å². The Balaban J connectivity index is 1.63. The molecule has 0 saturated carbocycles. The molecule has 0 bridgehead atoms. The molecule has 5 nitrogen and oxygen atoms in total. The summed E-state index contributed by atoms with van der Waals surface area (Å²) >= 11 is 0. The van der Waals surface area contributed by atoms with Gasteiger partial charge in [-0.2, -0.15) is 13.2 Å². The van der Waals surface area contributed by atoms with Gasteiger partial charge in [-0.25, -0.2) is 0 Å². The lowest BCUT2D eigenvalue weighted by Crippen LogP contribution is -2.15. The minimum atomic E-state index is -4.39. The van der Waals surface area contributed by atoms with E-state index in [9.17, 15) is 18.0 Å². The Bertz CT molecular complexity index is 1070. The van der Waals surface area contributed by atoms with Crippen LogP contribution < -0.4 is 10.1 Å². The monoisotopic (exact) mass is 444 g/mol. The summed E-state index contributed by atoms with van der Waals surface area (Å²) in [7, 11) is 0. The van der Waals surface area contributed by atoms with Crippen LogP contribution in [-0.2, 0) is 10.9 Å².